The van der Waals surface area contributed by atoms with Gasteiger partial charge in [-0.05, 0) is 53.2 Å². The first-order valence-corrected chi connectivity index (χ1v) is 6.08. The minimum absolute atomic E-state index is 0.301. The van der Waals surface area contributed by atoms with Crippen LogP contribution in [0.5, 0.6) is 0 Å². The van der Waals surface area contributed by atoms with Crippen LogP contribution in [0.15, 0.2) is 39.2 Å². The Kier molecular flexibility index (Phi) is 3.64. The summed E-state index contributed by atoms with van der Waals surface area (Å²) in [4.78, 5) is 0. The average Bonchev–Trinajstić information content (AvgIpc) is 2.69. The molecule has 1 aromatic heterocycles. The van der Waals surface area contributed by atoms with Gasteiger partial charge in [0.1, 0.15) is 17.3 Å². The third-order valence-corrected chi connectivity index (χ3v) is 2.97. The number of furan rings is 1. The quantitative estimate of drug-likeness (QED) is 0.936. The summed E-state index contributed by atoms with van der Waals surface area (Å²) in [6.07, 6.45) is 0.0384. The first-order chi connectivity index (χ1) is 8.06. The van der Waals surface area contributed by atoms with Crippen molar-refractivity contribution in [1.82, 2.24) is 0 Å². The maximum atomic E-state index is 13.1. The number of rotatable bonds is 3. The largest absolute Gasteiger partial charge is 0.461 e. The molecule has 17 heavy (non-hydrogen) atoms. The molecule has 0 aliphatic carbocycles. The molecule has 0 aliphatic heterocycles. The fraction of sp³-hybridized carbons (Fsp3) is 0.231. The minimum Gasteiger partial charge on any atom is -0.461 e. The summed E-state index contributed by atoms with van der Waals surface area (Å²) in [7, 11) is 0. The zero-order valence-electron chi connectivity index (χ0n) is 9.28. The molecule has 2 rings (SSSR count). The third-order valence-electron chi connectivity index (χ3n) is 2.36. The van der Waals surface area contributed by atoms with Crippen molar-refractivity contribution in [2.45, 2.75) is 19.4 Å². The molecule has 0 spiro atoms. The van der Waals surface area contributed by atoms with E-state index in [9.17, 15) is 9.50 Å². The molecule has 0 fully saturated rings. The Bertz CT molecular complexity index is 520. The summed E-state index contributed by atoms with van der Waals surface area (Å²) < 4.78 is 19.1. The predicted molar refractivity (Wildman–Crippen MR) is 67.2 cm³/mol. The lowest BCUT2D eigenvalue weighted by Crippen LogP contribution is -2.02. The number of aliphatic hydroxyl groups is 1. The average molecular weight is 299 g/mol. The van der Waals surface area contributed by atoms with Gasteiger partial charge in [0.2, 0.25) is 0 Å². The van der Waals surface area contributed by atoms with Gasteiger partial charge in [-0.1, -0.05) is 0 Å². The van der Waals surface area contributed by atoms with E-state index < -0.39 is 6.10 Å². The number of halogens is 2. The van der Waals surface area contributed by atoms with Gasteiger partial charge in [0.15, 0.2) is 0 Å². The Morgan fingerprint density at radius 1 is 1.35 bits per heavy atom. The lowest BCUT2D eigenvalue weighted by Gasteiger charge is -2.01. The third kappa shape index (κ3) is 2.96. The van der Waals surface area contributed by atoms with Crippen LogP contribution in [-0.4, -0.2) is 11.2 Å². The molecule has 2 aromatic rings. The first-order valence-electron chi connectivity index (χ1n) is 5.28. The molecule has 90 valence electrons. The summed E-state index contributed by atoms with van der Waals surface area (Å²) in [5, 5.41) is 9.25. The smallest absolute Gasteiger partial charge is 0.137 e. The van der Waals surface area contributed by atoms with E-state index >= 15 is 0 Å². The van der Waals surface area contributed by atoms with E-state index in [-0.39, 0.29) is 5.82 Å². The normalized spacial score (nSPS) is 12.7. The molecule has 0 radical (unpaired) electrons. The Morgan fingerprint density at radius 3 is 2.76 bits per heavy atom. The van der Waals surface area contributed by atoms with E-state index in [4.69, 9.17) is 4.42 Å². The number of benzene rings is 1. The van der Waals surface area contributed by atoms with Crippen LogP contribution in [0.1, 0.15) is 12.7 Å². The molecule has 0 saturated carbocycles. The monoisotopic (exact) mass is 298 g/mol. The topological polar surface area (TPSA) is 33.4 Å². The summed E-state index contributed by atoms with van der Waals surface area (Å²) in [6.45, 7) is 1.71. The van der Waals surface area contributed by atoms with Gasteiger partial charge in [-0.3, -0.25) is 0 Å². The van der Waals surface area contributed by atoms with E-state index in [0.29, 0.717) is 16.7 Å². The molecular formula is C13H12BrFO2. The highest BCUT2D eigenvalue weighted by Crippen LogP contribution is 2.27. The van der Waals surface area contributed by atoms with E-state index in [1.165, 1.54) is 6.07 Å². The molecule has 4 heteroatoms. The minimum atomic E-state index is -0.436. The zero-order chi connectivity index (χ0) is 12.4. The second kappa shape index (κ2) is 5.02. The molecule has 1 heterocycles. The van der Waals surface area contributed by atoms with E-state index in [0.717, 1.165) is 11.3 Å². The summed E-state index contributed by atoms with van der Waals surface area (Å²) in [6, 6.07) is 8.35. The molecule has 1 N–H and O–H groups in total. The van der Waals surface area contributed by atoms with Crippen LogP contribution in [0.4, 0.5) is 4.39 Å². The van der Waals surface area contributed by atoms with Gasteiger partial charge in [0.05, 0.1) is 10.6 Å². The van der Waals surface area contributed by atoms with Crippen molar-refractivity contribution in [2.24, 2.45) is 0 Å². The molecule has 0 saturated heterocycles. The van der Waals surface area contributed by atoms with Crippen LogP contribution >= 0.6 is 15.9 Å². The van der Waals surface area contributed by atoms with Gasteiger partial charge in [0, 0.05) is 12.0 Å². The Hall–Kier alpha value is -1.13. The van der Waals surface area contributed by atoms with Crippen molar-refractivity contribution in [2.75, 3.05) is 0 Å². The van der Waals surface area contributed by atoms with Crippen molar-refractivity contribution >= 4 is 15.9 Å². The molecule has 0 bridgehead atoms. The Balaban J connectivity index is 2.27. The van der Waals surface area contributed by atoms with E-state index in [2.05, 4.69) is 15.9 Å². The van der Waals surface area contributed by atoms with Crippen LogP contribution in [0, 0.1) is 5.82 Å². The summed E-state index contributed by atoms with van der Waals surface area (Å²) >= 11 is 3.13. The van der Waals surface area contributed by atoms with E-state index in [1.807, 2.05) is 12.1 Å². The van der Waals surface area contributed by atoms with Crippen LogP contribution in [-0.2, 0) is 6.42 Å². The van der Waals surface area contributed by atoms with E-state index in [1.54, 1.807) is 19.1 Å². The van der Waals surface area contributed by atoms with Crippen molar-refractivity contribution in [3.05, 3.63) is 46.4 Å². The maximum absolute atomic E-state index is 13.1. The molecule has 1 unspecified atom stereocenters. The van der Waals surface area contributed by atoms with Gasteiger partial charge >= 0.3 is 0 Å². The highest BCUT2D eigenvalue weighted by atomic mass is 79.9. The highest BCUT2D eigenvalue weighted by molar-refractivity contribution is 9.10. The van der Waals surface area contributed by atoms with Gasteiger partial charge in [0.25, 0.3) is 0 Å². The second-order valence-corrected chi connectivity index (χ2v) is 4.80. The van der Waals surface area contributed by atoms with Crippen molar-refractivity contribution in [3.8, 4) is 11.3 Å². The fourth-order valence-electron chi connectivity index (χ4n) is 1.58. The maximum Gasteiger partial charge on any atom is 0.137 e. The highest BCUT2D eigenvalue weighted by Gasteiger charge is 2.08. The predicted octanol–water partition coefficient (Wildman–Crippen LogP) is 3.77. The first kappa shape index (κ1) is 12.3. The van der Waals surface area contributed by atoms with Crippen LogP contribution < -0.4 is 0 Å². The molecule has 1 aromatic carbocycles. The standard InChI is InChI=1S/C13H12BrFO2/c1-8(16)6-10-3-5-13(17-10)9-2-4-12(15)11(14)7-9/h2-5,7-8,16H,6H2,1H3. The van der Waals surface area contributed by atoms with Crippen molar-refractivity contribution in [3.63, 3.8) is 0 Å². The van der Waals surface area contributed by atoms with Crippen molar-refractivity contribution < 1.29 is 13.9 Å². The number of aliphatic hydroxyl groups excluding tert-OH is 1. The molecule has 0 amide bonds. The zero-order valence-corrected chi connectivity index (χ0v) is 10.9. The lowest BCUT2D eigenvalue weighted by atomic mass is 10.2. The summed E-state index contributed by atoms with van der Waals surface area (Å²) in [5.41, 5.74) is 0.801. The molecule has 1 atom stereocenters. The van der Waals surface area contributed by atoms with Gasteiger partial charge in [-0.25, -0.2) is 4.39 Å². The van der Waals surface area contributed by atoms with Crippen LogP contribution in [0.2, 0.25) is 0 Å². The summed E-state index contributed by atoms with van der Waals surface area (Å²) in [5.74, 6) is 1.08. The molecule has 2 nitrogen and oxygen atoms in total. The van der Waals surface area contributed by atoms with Gasteiger partial charge in [-0.15, -0.1) is 0 Å². The van der Waals surface area contributed by atoms with Crippen LogP contribution in [0.3, 0.4) is 0 Å². The molecular weight excluding hydrogens is 287 g/mol. The van der Waals surface area contributed by atoms with Crippen molar-refractivity contribution in [1.29, 1.82) is 0 Å². The van der Waals surface area contributed by atoms with Gasteiger partial charge in [-0.2, -0.15) is 0 Å². The Labute approximate surface area is 107 Å². The van der Waals surface area contributed by atoms with Crippen LogP contribution in [0.25, 0.3) is 11.3 Å². The SMILES string of the molecule is CC(O)Cc1ccc(-c2ccc(F)c(Br)c2)o1. The fourth-order valence-corrected chi connectivity index (χ4v) is 1.96. The van der Waals surface area contributed by atoms with Gasteiger partial charge < -0.3 is 9.52 Å². The number of hydrogen-bond acceptors (Lipinski definition) is 2. The second-order valence-electron chi connectivity index (χ2n) is 3.95. The Morgan fingerprint density at radius 2 is 2.12 bits per heavy atom. The lowest BCUT2D eigenvalue weighted by molar-refractivity contribution is 0.187. The number of hydrogen-bond donors (Lipinski definition) is 1. The molecule has 0 aliphatic rings.